The molecule has 0 saturated heterocycles. The summed E-state index contributed by atoms with van der Waals surface area (Å²) in [5.74, 6) is 0.928. The van der Waals surface area contributed by atoms with Crippen molar-refractivity contribution in [3.05, 3.63) is 35.5 Å². The van der Waals surface area contributed by atoms with Gasteiger partial charge in [0.05, 0.1) is 11.6 Å². The summed E-state index contributed by atoms with van der Waals surface area (Å²) in [6, 6.07) is 7.56. The van der Waals surface area contributed by atoms with Crippen LogP contribution in [0.25, 0.3) is 10.9 Å². The standard InChI is InChI=1S/C17H18N2O/c18-10-13-5-7-16-14(9-13)15(11-19-16)17(20)8-6-12-3-1-2-4-12/h5,7,9,11-12,19H,1-4,6,8H2. The summed E-state index contributed by atoms with van der Waals surface area (Å²) in [6.07, 6.45) is 8.59. The van der Waals surface area contributed by atoms with Crippen LogP contribution in [0.4, 0.5) is 0 Å². The smallest absolute Gasteiger partial charge is 0.165 e. The lowest BCUT2D eigenvalue weighted by atomic mass is 9.97. The first kappa shape index (κ1) is 12.9. The van der Waals surface area contributed by atoms with Gasteiger partial charge in [0.1, 0.15) is 0 Å². The quantitative estimate of drug-likeness (QED) is 0.843. The van der Waals surface area contributed by atoms with Gasteiger partial charge in [-0.1, -0.05) is 25.7 Å². The Hall–Kier alpha value is -2.08. The molecule has 0 amide bonds. The Morgan fingerprint density at radius 2 is 2.15 bits per heavy atom. The van der Waals surface area contributed by atoms with Crippen LogP contribution in [-0.2, 0) is 0 Å². The zero-order valence-electron chi connectivity index (χ0n) is 11.5. The molecule has 0 bridgehead atoms. The fourth-order valence-corrected chi connectivity index (χ4v) is 3.19. The van der Waals surface area contributed by atoms with E-state index >= 15 is 0 Å². The molecule has 1 N–H and O–H groups in total. The van der Waals surface area contributed by atoms with Crippen LogP contribution in [0, 0.1) is 17.2 Å². The Balaban J connectivity index is 1.78. The van der Waals surface area contributed by atoms with Crippen molar-refractivity contribution in [3.8, 4) is 6.07 Å². The maximum Gasteiger partial charge on any atom is 0.165 e. The van der Waals surface area contributed by atoms with Crippen LogP contribution in [-0.4, -0.2) is 10.8 Å². The van der Waals surface area contributed by atoms with E-state index < -0.39 is 0 Å². The van der Waals surface area contributed by atoms with E-state index in [2.05, 4.69) is 11.1 Å². The molecule has 3 rings (SSSR count). The number of carbonyl (C=O) groups excluding carboxylic acids is 1. The topological polar surface area (TPSA) is 56.6 Å². The monoisotopic (exact) mass is 266 g/mol. The second-order valence-corrected chi connectivity index (χ2v) is 5.69. The van der Waals surface area contributed by atoms with Crippen LogP contribution >= 0.6 is 0 Å². The van der Waals surface area contributed by atoms with Gasteiger partial charge in [0.25, 0.3) is 0 Å². The molecule has 102 valence electrons. The van der Waals surface area contributed by atoms with Gasteiger partial charge in [-0.25, -0.2) is 0 Å². The molecule has 20 heavy (non-hydrogen) atoms. The van der Waals surface area contributed by atoms with Crippen LogP contribution in [0.2, 0.25) is 0 Å². The summed E-state index contributed by atoms with van der Waals surface area (Å²) in [7, 11) is 0. The van der Waals surface area contributed by atoms with Gasteiger partial charge < -0.3 is 4.98 Å². The number of carbonyl (C=O) groups is 1. The molecule has 3 heteroatoms. The van der Waals surface area contributed by atoms with Crippen molar-refractivity contribution in [2.45, 2.75) is 38.5 Å². The normalized spacial score (nSPS) is 15.6. The highest BCUT2D eigenvalue weighted by molar-refractivity contribution is 6.08. The molecule has 0 radical (unpaired) electrons. The van der Waals surface area contributed by atoms with Crippen molar-refractivity contribution in [2.75, 3.05) is 0 Å². The van der Waals surface area contributed by atoms with Crippen molar-refractivity contribution in [3.63, 3.8) is 0 Å². The number of aromatic amines is 1. The molecule has 3 nitrogen and oxygen atoms in total. The third kappa shape index (κ3) is 2.46. The van der Waals surface area contributed by atoms with E-state index in [1.54, 1.807) is 18.3 Å². The number of Topliss-reactive ketones (excluding diaryl/α,β-unsaturated/α-hetero) is 1. The number of H-pyrrole nitrogens is 1. The Morgan fingerprint density at radius 1 is 1.35 bits per heavy atom. The summed E-state index contributed by atoms with van der Waals surface area (Å²) in [6.45, 7) is 0. The number of nitrogens with one attached hydrogen (secondary N) is 1. The highest BCUT2D eigenvalue weighted by Crippen LogP contribution is 2.29. The van der Waals surface area contributed by atoms with Crippen LogP contribution in [0.5, 0.6) is 0 Å². The van der Waals surface area contributed by atoms with Crippen molar-refractivity contribution in [2.24, 2.45) is 5.92 Å². The largest absolute Gasteiger partial charge is 0.360 e. The Bertz CT molecular complexity index is 672. The van der Waals surface area contributed by atoms with Crippen LogP contribution < -0.4 is 0 Å². The van der Waals surface area contributed by atoms with E-state index in [4.69, 9.17) is 5.26 Å². The number of nitrogens with zero attached hydrogens (tertiary/aromatic N) is 1. The molecular formula is C17H18N2O. The molecule has 0 aliphatic heterocycles. The maximum absolute atomic E-state index is 12.4. The van der Waals surface area contributed by atoms with Crippen molar-refractivity contribution >= 4 is 16.7 Å². The average Bonchev–Trinajstić information content (AvgIpc) is 3.13. The minimum atomic E-state index is 0.193. The third-order valence-corrected chi connectivity index (χ3v) is 4.37. The van der Waals surface area contributed by atoms with Gasteiger partial charge in [-0.05, 0) is 30.5 Å². The van der Waals surface area contributed by atoms with Gasteiger partial charge in [-0.15, -0.1) is 0 Å². The fraction of sp³-hybridized carbons (Fsp3) is 0.412. The first-order valence-electron chi connectivity index (χ1n) is 7.32. The first-order chi connectivity index (χ1) is 9.78. The highest BCUT2D eigenvalue weighted by atomic mass is 16.1. The number of ketones is 1. The van der Waals surface area contributed by atoms with Gasteiger partial charge in [-0.2, -0.15) is 5.26 Å². The number of hydrogen-bond donors (Lipinski definition) is 1. The fourth-order valence-electron chi connectivity index (χ4n) is 3.19. The second kappa shape index (κ2) is 5.50. The lowest BCUT2D eigenvalue weighted by Gasteiger charge is -2.07. The number of nitriles is 1. The predicted molar refractivity (Wildman–Crippen MR) is 78.5 cm³/mol. The molecule has 0 atom stereocenters. The third-order valence-electron chi connectivity index (χ3n) is 4.37. The molecule has 1 aliphatic rings. The van der Waals surface area contributed by atoms with E-state index in [0.29, 0.717) is 12.0 Å². The predicted octanol–water partition coefficient (Wildman–Crippen LogP) is 4.19. The van der Waals surface area contributed by atoms with E-state index in [-0.39, 0.29) is 5.78 Å². The van der Waals surface area contributed by atoms with Gasteiger partial charge in [0.2, 0.25) is 0 Å². The summed E-state index contributed by atoms with van der Waals surface area (Å²) in [4.78, 5) is 15.5. The summed E-state index contributed by atoms with van der Waals surface area (Å²) < 4.78 is 0. The summed E-state index contributed by atoms with van der Waals surface area (Å²) in [5, 5.41) is 9.84. The Kier molecular flexibility index (Phi) is 3.56. The Morgan fingerprint density at radius 3 is 2.90 bits per heavy atom. The van der Waals surface area contributed by atoms with Gasteiger partial charge in [0.15, 0.2) is 5.78 Å². The van der Waals surface area contributed by atoms with Gasteiger partial charge in [0, 0.05) is 29.1 Å². The lowest BCUT2D eigenvalue weighted by Crippen LogP contribution is -2.02. The number of benzene rings is 1. The van der Waals surface area contributed by atoms with E-state index in [9.17, 15) is 4.79 Å². The molecular weight excluding hydrogens is 248 g/mol. The highest BCUT2D eigenvalue weighted by Gasteiger charge is 2.18. The van der Waals surface area contributed by atoms with Crippen molar-refractivity contribution in [1.29, 1.82) is 5.26 Å². The van der Waals surface area contributed by atoms with Crippen molar-refractivity contribution < 1.29 is 4.79 Å². The number of aromatic nitrogens is 1. The van der Waals surface area contributed by atoms with E-state index in [1.807, 2.05) is 6.07 Å². The molecule has 1 aromatic carbocycles. The van der Waals surface area contributed by atoms with Crippen LogP contribution in [0.3, 0.4) is 0 Å². The molecule has 1 aliphatic carbocycles. The van der Waals surface area contributed by atoms with Gasteiger partial charge >= 0.3 is 0 Å². The van der Waals surface area contributed by atoms with E-state index in [1.165, 1.54) is 25.7 Å². The summed E-state index contributed by atoms with van der Waals surface area (Å²) in [5.41, 5.74) is 2.25. The molecule has 0 unspecified atom stereocenters. The SMILES string of the molecule is N#Cc1ccc2[nH]cc(C(=O)CCC3CCCC3)c2c1. The van der Waals surface area contributed by atoms with Gasteiger partial charge in [-0.3, -0.25) is 4.79 Å². The maximum atomic E-state index is 12.4. The molecule has 0 spiro atoms. The molecule has 1 aromatic heterocycles. The second-order valence-electron chi connectivity index (χ2n) is 5.69. The lowest BCUT2D eigenvalue weighted by molar-refractivity contribution is 0.0975. The van der Waals surface area contributed by atoms with Crippen LogP contribution in [0.1, 0.15) is 54.4 Å². The molecule has 1 saturated carbocycles. The Labute approximate surface area is 118 Å². The zero-order chi connectivity index (χ0) is 13.9. The molecule has 2 aromatic rings. The minimum Gasteiger partial charge on any atom is -0.360 e. The van der Waals surface area contributed by atoms with E-state index in [0.717, 1.165) is 28.8 Å². The minimum absolute atomic E-state index is 0.193. The van der Waals surface area contributed by atoms with Crippen LogP contribution in [0.15, 0.2) is 24.4 Å². The zero-order valence-corrected chi connectivity index (χ0v) is 11.5. The van der Waals surface area contributed by atoms with Crippen molar-refractivity contribution in [1.82, 2.24) is 4.98 Å². The first-order valence-corrected chi connectivity index (χ1v) is 7.32. The number of fused-ring (bicyclic) bond motifs is 1. The molecule has 1 fully saturated rings. The average molecular weight is 266 g/mol. The summed E-state index contributed by atoms with van der Waals surface area (Å²) >= 11 is 0. The number of rotatable bonds is 4. The number of hydrogen-bond acceptors (Lipinski definition) is 2. The molecule has 1 heterocycles.